The molecule has 0 saturated carbocycles. The minimum atomic E-state index is -11.2. The molecular formula is C18H22F6ISb. The topological polar surface area (TPSA) is 0 Å². The summed E-state index contributed by atoms with van der Waals surface area (Å²) in [5, 5.41) is 0. The average molecular weight is 601 g/mol. The SMILES string of the molecule is Cc1cc(C)c([I+]c2c(C)cc(C)cc2C)c(C)c1.[F][Sb-]([F])([F])([F])([F])[F]. The summed E-state index contributed by atoms with van der Waals surface area (Å²) in [7, 11) is 0. The Balaban J connectivity index is 0.000000412. The van der Waals surface area contributed by atoms with E-state index in [0.29, 0.717) is 0 Å². The summed E-state index contributed by atoms with van der Waals surface area (Å²) in [5.74, 6) is 0. The first-order valence-electron chi connectivity index (χ1n) is 7.70. The molecule has 0 bridgehead atoms. The summed E-state index contributed by atoms with van der Waals surface area (Å²) < 4.78 is 62.7. The van der Waals surface area contributed by atoms with Crippen molar-refractivity contribution in [3.63, 3.8) is 0 Å². The van der Waals surface area contributed by atoms with Crippen molar-refractivity contribution in [2.75, 3.05) is 0 Å². The summed E-state index contributed by atoms with van der Waals surface area (Å²) in [6.45, 7) is 13.4. The van der Waals surface area contributed by atoms with E-state index in [4.69, 9.17) is 0 Å². The van der Waals surface area contributed by atoms with Crippen molar-refractivity contribution in [1.29, 1.82) is 0 Å². The standard InChI is InChI=1S/C18H22I.6FH.Sb/c1-11-7-13(3)17(14(4)8-11)19-18-15(5)9-12(2)10-16(18)6;;;;;;;/h7-10H,1-6H3;6*1H;/q+1;;;;;;;+5/p-6. The van der Waals surface area contributed by atoms with Crippen LogP contribution in [-0.2, 0) is 0 Å². The summed E-state index contributed by atoms with van der Waals surface area (Å²) >= 11 is -11.3. The Morgan fingerprint density at radius 3 is 0.923 bits per heavy atom. The van der Waals surface area contributed by atoms with Crippen LogP contribution in [0.1, 0.15) is 33.4 Å². The second-order valence-corrected chi connectivity index (χ2v) is 14.6. The van der Waals surface area contributed by atoms with Gasteiger partial charge in [0.15, 0.2) is 7.14 Å². The molecule has 0 aliphatic heterocycles. The Bertz CT molecular complexity index is 713. The fraction of sp³-hybridized carbons (Fsp3) is 0.333. The van der Waals surface area contributed by atoms with E-state index in [9.17, 15) is 16.9 Å². The van der Waals surface area contributed by atoms with E-state index < -0.39 is 19.5 Å². The van der Waals surface area contributed by atoms with Crippen LogP contribution < -0.4 is 21.2 Å². The number of aryl methyl sites for hydroxylation is 6. The molecule has 0 nitrogen and oxygen atoms in total. The van der Waals surface area contributed by atoms with Crippen LogP contribution in [0.15, 0.2) is 24.3 Å². The van der Waals surface area contributed by atoms with Gasteiger partial charge in [-0.3, -0.25) is 0 Å². The second kappa shape index (κ2) is 7.19. The van der Waals surface area contributed by atoms with E-state index in [1.54, 1.807) is 7.14 Å². The number of hydrogen-bond acceptors (Lipinski definition) is 0. The Kier molecular flexibility index (Phi) is 6.53. The molecule has 0 aromatic heterocycles. The number of halogens is 7. The van der Waals surface area contributed by atoms with Gasteiger partial charge in [0.2, 0.25) is 0 Å². The number of hydrogen-bond donors (Lipinski definition) is 0. The monoisotopic (exact) mass is 600 g/mol. The molecule has 148 valence electrons. The van der Waals surface area contributed by atoms with E-state index in [0.717, 1.165) is 0 Å². The zero-order valence-corrected chi connectivity index (χ0v) is 20.1. The molecule has 2 rings (SSSR count). The van der Waals surface area contributed by atoms with Crippen molar-refractivity contribution in [3.05, 3.63) is 64.8 Å². The Morgan fingerprint density at radius 1 is 0.538 bits per heavy atom. The van der Waals surface area contributed by atoms with E-state index in [2.05, 4.69) is 65.8 Å². The van der Waals surface area contributed by atoms with E-state index in [1.165, 1.54) is 33.4 Å². The van der Waals surface area contributed by atoms with Crippen molar-refractivity contribution >= 4 is 19.5 Å². The first-order chi connectivity index (χ1) is 11.3. The van der Waals surface area contributed by atoms with Crippen LogP contribution in [0.5, 0.6) is 0 Å². The molecule has 2 aromatic rings. The van der Waals surface area contributed by atoms with Gasteiger partial charge in [-0.1, -0.05) is 35.4 Å². The molecule has 0 amide bonds. The summed E-state index contributed by atoms with van der Waals surface area (Å²) in [6.07, 6.45) is 0. The van der Waals surface area contributed by atoms with Gasteiger partial charge in [0.05, 0.1) is 0 Å². The zero-order chi connectivity index (χ0) is 20.6. The molecular weight excluding hydrogens is 579 g/mol. The summed E-state index contributed by atoms with van der Waals surface area (Å²) in [4.78, 5) is 0. The van der Waals surface area contributed by atoms with E-state index >= 15 is 0 Å². The van der Waals surface area contributed by atoms with E-state index in [1.807, 2.05) is 0 Å². The molecule has 26 heavy (non-hydrogen) atoms. The van der Waals surface area contributed by atoms with Crippen LogP contribution in [0.25, 0.3) is 0 Å². The van der Waals surface area contributed by atoms with Gasteiger partial charge in [-0.2, -0.15) is 0 Å². The van der Waals surface area contributed by atoms with Crippen molar-refractivity contribution in [3.8, 4) is 0 Å². The minimum absolute atomic E-state index is 0.0837. The van der Waals surface area contributed by atoms with Gasteiger partial charge in [0.25, 0.3) is 0 Å². The van der Waals surface area contributed by atoms with Crippen LogP contribution >= 0.6 is 0 Å². The van der Waals surface area contributed by atoms with Crippen LogP contribution in [0.3, 0.4) is 0 Å². The van der Waals surface area contributed by atoms with Crippen molar-refractivity contribution in [1.82, 2.24) is 0 Å². The van der Waals surface area contributed by atoms with Crippen molar-refractivity contribution in [2.45, 2.75) is 41.5 Å². The normalized spacial score (nSPS) is 14.2. The van der Waals surface area contributed by atoms with Gasteiger partial charge in [-0.25, -0.2) is 0 Å². The van der Waals surface area contributed by atoms with Crippen molar-refractivity contribution < 1.29 is 38.1 Å². The average Bonchev–Trinajstić information content (AvgIpc) is 2.31. The first-order valence-corrected chi connectivity index (χ1v) is 15.6. The van der Waals surface area contributed by atoms with Crippen molar-refractivity contribution in [2.24, 2.45) is 0 Å². The predicted molar refractivity (Wildman–Crippen MR) is 91.1 cm³/mol. The number of rotatable bonds is 2. The summed E-state index contributed by atoms with van der Waals surface area (Å²) in [6, 6.07) is 9.28. The quantitative estimate of drug-likeness (QED) is 0.280. The van der Waals surface area contributed by atoms with Gasteiger partial charge in [-0.05, 0) is 41.5 Å². The molecule has 0 fully saturated rings. The van der Waals surface area contributed by atoms with Gasteiger partial charge in [0, 0.05) is 22.3 Å². The van der Waals surface area contributed by atoms with E-state index in [-0.39, 0.29) is 21.2 Å². The molecule has 8 heteroatoms. The molecule has 0 aliphatic rings. The number of benzene rings is 2. The van der Waals surface area contributed by atoms with Crippen LogP contribution in [0, 0.1) is 48.7 Å². The van der Waals surface area contributed by atoms with Gasteiger partial charge in [-0.15, -0.1) is 0 Å². The van der Waals surface area contributed by atoms with Crippen LogP contribution in [-0.4, -0.2) is 19.5 Å². The molecule has 0 spiro atoms. The van der Waals surface area contributed by atoms with Gasteiger partial charge in [0.1, 0.15) is 0 Å². The Hall–Kier alpha value is -0.432. The molecule has 0 aliphatic carbocycles. The van der Waals surface area contributed by atoms with Crippen LogP contribution in [0.4, 0.5) is 16.9 Å². The fourth-order valence-electron chi connectivity index (χ4n) is 2.72. The first kappa shape index (κ1) is 23.6. The second-order valence-electron chi connectivity index (χ2n) is 6.48. The third-order valence-electron chi connectivity index (χ3n) is 3.35. The Morgan fingerprint density at radius 2 is 0.731 bits per heavy atom. The Labute approximate surface area is 163 Å². The summed E-state index contributed by atoms with van der Waals surface area (Å²) in [5.41, 5.74) is 8.60. The molecule has 0 saturated heterocycles. The molecule has 0 N–H and O–H groups in total. The fourth-order valence-corrected chi connectivity index (χ4v) is 5.58. The molecule has 2 aromatic carbocycles. The third-order valence-corrected chi connectivity index (χ3v) is 7.83. The third kappa shape index (κ3) is 9.49. The predicted octanol–water partition coefficient (Wildman–Crippen LogP) is 3.81. The van der Waals surface area contributed by atoms with Crippen LogP contribution in [0.2, 0.25) is 0 Å². The maximum atomic E-state index is 9.93. The molecule has 0 unspecified atom stereocenters. The molecule has 0 atom stereocenters. The molecule has 0 heterocycles. The van der Waals surface area contributed by atoms with Gasteiger partial charge < -0.3 is 0 Å². The molecule has 0 radical (unpaired) electrons. The van der Waals surface area contributed by atoms with Gasteiger partial charge >= 0.3 is 57.6 Å². The zero-order valence-electron chi connectivity index (χ0n) is 15.4. The maximum absolute atomic E-state index is 11.2.